The number of imidazole rings is 1. The molecule has 0 aliphatic rings. The first-order valence-corrected chi connectivity index (χ1v) is 4.81. The highest BCUT2D eigenvalue weighted by Crippen LogP contribution is 2.28. The zero-order valence-electron chi connectivity index (χ0n) is 8.62. The van der Waals surface area contributed by atoms with Gasteiger partial charge in [-0.3, -0.25) is 0 Å². The Morgan fingerprint density at radius 1 is 1.24 bits per heavy atom. The molecule has 7 heteroatoms. The lowest BCUT2D eigenvalue weighted by Crippen LogP contribution is -2.07. The molecule has 0 saturated heterocycles. The molecule has 0 unspecified atom stereocenters. The molecule has 4 nitrogen and oxygen atoms in total. The Morgan fingerprint density at radius 3 is 2.59 bits per heavy atom. The second-order valence-electron chi connectivity index (χ2n) is 3.32. The second kappa shape index (κ2) is 4.44. The van der Waals surface area contributed by atoms with Crippen molar-refractivity contribution in [2.45, 2.75) is 12.7 Å². The van der Waals surface area contributed by atoms with E-state index in [0.717, 1.165) is 12.3 Å². The summed E-state index contributed by atoms with van der Waals surface area (Å²) in [6.07, 6.45) is -0.300. The summed E-state index contributed by atoms with van der Waals surface area (Å²) in [6.45, 7) is 0.380. The average molecular weight is 242 g/mol. The molecule has 2 heterocycles. The number of nitrogens with one attached hydrogen (secondary N) is 2. The van der Waals surface area contributed by atoms with E-state index in [9.17, 15) is 13.2 Å². The fraction of sp³-hybridized carbons (Fsp3) is 0.200. The van der Waals surface area contributed by atoms with Crippen LogP contribution in [0.3, 0.4) is 0 Å². The number of anilines is 1. The third-order valence-electron chi connectivity index (χ3n) is 2.08. The van der Waals surface area contributed by atoms with Gasteiger partial charge in [-0.2, -0.15) is 13.2 Å². The zero-order valence-corrected chi connectivity index (χ0v) is 8.62. The number of hydrogen-bond donors (Lipinski definition) is 2. The van der Waals surface area contributed by atoms with Crippen LogP contribution < -0.4 is 5.32 Å². The summed E-state index contributed by atoms with van der Waals surface area (Å²) in [5.41, 5.74) is -0.763. The molecule has 0 aliphatic heterocycles. The Labute approximate surface area is 94.9 Å². The normalized spacial score (nSPS) is 11.5. The summed E-state index contributed by atoms with van der Waals surface area (Å²) in [4.78, 5) is 10.5. The molecule has 0 spiro atoms. The summed E-state index contributed by atoms with van der Waals surface area (Å²) in [6, 6.07) is 2.27. The van der Waals surface area contributed by atoms with Gasteiger partial charge in [0.15, 0.2) is 0 Å². The molecule has 90 valence electrons. The smallest absolute Gasteiger partial charge is 0.363 e. The summed E-state index contributed by atoms with van der Waals surface area (Å²) in [5, 5.41) is 2.85. The van der Waals surface area contributed by atoms with Gasteiger partial charge in [0.2, 0.25) is 0 Å². The minimum Gasteiger partial charge on any atom is -0.363 e. The van der Waals surface area contributed by atoms with Gasteiger partial charge in [0.25, 0.3) is 0 Å². The first-order chi connectivity index (χ1) is 8.05. The van der Waals surface area contributed by atoms with E-state index >= 15 is 0 Å². The lowest BCUT2D eigenvalue weighted by Gasteiger charge is -2.07. The van der Waals surface area contributed by atoms with E-state index in [1.54, 1.807) is 12.4 Å². The topological polar surface area (TPSA) is 53.6 Å². The molecular formula is C10H9F3N4. The molecule has 0 radical (unpaired) electrons. The number of aromatic amines is 1. The second-order valence-corrected chi connectivity index (χ2v) is 3.32. The lowest BCUT2D eigenvalue weighted by atomic mass is 10.3. The van der Waals surface area contributed by atoms with Crippen molar-refractivity contribution in [3.63, 3.8) is 0 Å². The van der Waals surface area contributed by atoms with Crippen LogP contribution >= 0.6 is 0 Å². The van der Waals surface area contributed by atoms with E-state index in [4.69, 9.17) is 0 Å². The number of halogens is 3. The average Bonchev–Trinajstić information content (AvgIpc) is 2.78. The van der Waals surface area contributed by atoms with Gasteiger partial charge in [-0.05, 0) is 12.1 Å². The van der Waals surface area contributed by atoms with Crippen LogP contribution in [-0.2, 0) is 12.7 Å². The number of alkyl halides is 3. The molecule has 0 amide bonds. The van der Waals surface area contributed by atoms with Crippen LogP contribution in [0.1, 0.15) is 11.4 Å². The quantitative estimate of drug-likeness (QED) is 0.869. The van der Waals surface area contributed by atoms with Crippen molar-refractivity contribution < 1.29 is 13.2 Å². The first kappa shape index (κ1) is 11.4. The predicted molar refractivity (Wildman–Crippen MR) is 55.2 cm³/mol. The van der Waals surface area contributed by atoms with Crippen LogP contribution in [0.25, 0.3) is 0 Å². The molecule has 2 aromatic rings. The maximum Gasteiger partial charge on any atom is 0.417 e. The Bertz CT molecular complexity index is 461. The van der Waals surface area contributed by atoms with Gasteiger partial charge >= 0.3 is 6.18 Å². The third-order valence-corrected chi connectivity index (χ3v) is 2.08. The standard InChI is InChI=1S/C10H9F3N4/c11-10(12,13)7-1-2-8(16-5-7)17-6-9-14-3-4-15-9/h1-5H,6H2,(H,14,15)(H,16,17). The summed E-state index contributed by atoms with van der Waals surface area (Å²) >= 11 is 0. The van der Waals surface area contributed by atoms with E-state index in [1.165, 1.54) is 6.07 Å². The summed E-state index contributed by atoms with van der Waals surface area (Å²) in [7, 11) is 0. The van der Waals surface area contributed by atoms with E-state index < -0.39 is 11.7 Å². The maximum atomic E-state index is 12.3. The van der Waals surface area contributed by atoms with E-state index in [2.05, 4.69) is 20.3 Å². The molecule has 0 saturated carbocycles. The Hall–Kier alpha value is -2.05. The molecule has 0 aromatic carbocycles. The van der Waals surface area contributed by atoms with Crippen molar-refractivity contribution in [3.8, 4) is 0 Å². The fourth-order valence-electron chi connectivity index (χ4n) is 1.24. The van der Waals surface area contributed by atoms with Crippen LogP contribution in [0.15, 0.2) is 30.7 Å². The minimum atomic E-state index is -4.35. The number of rotatable bonds is 3. The van der Waals surface area contributed by atoms with Crippen molar-refractivity contribution in [1.82, 2.24) is 15.0 Å². The third kappa shape index (κ3) is 2.96. The maximum absolute atomic E-state index is 12.3. The Kier molecular flexibility index (Phi) is 2.99. The molecule has 2 N–H and O–H groups in total. The largest absolute Gasteiger partial charge is 0.417 e. The molecule has 0 bridgehead atoms. The fourth-order valence-corrected chi connectivity index (χ4v) is 1.24. The highest BCUT2D eigenvalue weighted by atomic mass is 19.4. The minimum absolute atomic E-state index is 0.370. The van der Waals surface area contributed by atoms with Gasteiger partial charge in [0.05, 0.1) is 12.1 Å². The highest BCUT2D eigenvalue weighted by molar-refractivity contribution is 5.36. The lowest BCUT2D eigenvalue weighted by molar-refractivity contribution is -0.137. The Morgan fingerprint density at radius 2 is 2.06 bits per heavy atom. The van der Waals surface area contributed by atoms with Gasteiger partial charge in [-0.25, -0.2) is 9.97 Å². The van der Waals surface area contributed by atoms with E-state index in [0.29, 0.717) is 18.2 Å². The van der Waals surface area contributed by atoms with Crippen LogP contribution in [0.4, 0.5) is 19.0 Å². The van der Waals surface area contributed by atoms with Crippen LogP contribution in [0.5, 0.6) is 0 Å². The monoisotopic (exact) mass is 242 g/mol. The van der Waals surface area contributed by atoms with Crippen LogP contribution in [-0.4, -0.2) is 15.0 Å². The van der Waals surface area contributed by atoms with Crippen LogP contribution in [0, 0.1) is 0 Å². The molecule has 2 aromatic heterocycles. The van der Waals surface area contributed by atoms with E-state index in [-0.39, 0.29) is 0 Å². The summed E-state index contributed by atoms with van der Waals surface area (Å²) < 4.78 is 36.8. The molecule has 0 aliphatic carbocycles. The SMILES string of the molecule is FC(F)(F)c1ccc(NCc2ncc[nH]2)nc1. The molecule has 0 fully saturated rings. The van der Waals surface area contributed by atoms with Gasteiger partial charge in [-0.15, -0.1) is 0 Å². The van der Waals surface area contributed by atoms with E-state index in [1.807, 2.05) is 0 Å². The molecule has 0 atom stereocenters. The number of aromatic nitrogens is 3. The Balaban J connectivity index is 1.99. The molecular weight excluding hydrogens is 233 g/mol. The number of pyridine rings is 1. The van der Waals surface area contributed by atoms with Crippen molar-refractivity contribution in [1.29, 1.82) is 0 Å². The van der Waals surface area contributed by atoms with Crippen molar-refractivity contribution in [3.05, 3.63) is 42.1 Å². The van der Waals surface area contributed by atoms with Crippen molar-refractivity contribution in [2.75, 3.05) is 5.32 Å². The van der Waals surface area contributed by atoms with Gasteiger partial charge in [0.1, 0.15) is 11.6 Å². The van der Waals surface area contributed by atoms with Crippen molar-refractivity contribution >= 4 is 5.82 Å². The van der Waals surface area contributed by atoms with Crippen molar-refractivity contribution in [2.24, 2.45) is 0 Å². The van der Waals surface area contributed by atoms with Crippen LogP contribution in [0.2, 0.25) is 0 Å². The molecule has 2 rings (SSSR count). The summed E-state index contributed by atoms with van der Waals surface area (Å²) in [5.74, 6) is 1.06. The highest BCUT2D eigenvalue weighted by Gasteiger charge is 2.30. The zero-order chi connectivity index (χ0) is 12.3. The predicted octanol–water partition coefficient (Wildman–Crippen LogP) is 2.44. The first-order valence-electron chi connectivity index (χ1n) is 4.81. The number of hydrogen-bond acceptors (Lipinski definition) is 3. The van der Waals surface area contributed by atoms with Gasteiger partial charge in [0, 0.05) is 18.6 Å². The number of nitrogens with zero attached hydrogens (tertiary/aromatic N) is 2. The molecule has 17 heavy (non-hydrogen) atoms. The van der Waals surface area contributed by atoms with Gasteiger partial charge < -0.3 is 10.3 Å². The number of H-pyrrole nitrogens is 1. The van der Waals surface area contributed by atoms with Gasteiger partial charge in [-0.1, -0.05) is 0 Å².